The molecule has 2 aromatic carbocycles. The van der Waals surface area contributed by atoms with E-state index in [0.717, 1.165) is 6.20 Å². The van der Waals surface area contributed by atoms with Crippen LogP contribution in [0.4, 0.5) is 27.5 Å². The summed E-state index contributed by atoms with van der Waals surface area (Å²) >= 11 is 0. The van der Waals surface area contributed by atoms with Crippen LogP contribution < -0.4 is 15.8 Å². The van der Waals surface area contributed by atoms with E-state index in [1.807, 2.05) is 0 Å². The van der Waals surface area contributed by atoms with Crippen molar-refractivity contribution in [2.24, 2.45) is 5.14 Å². The lowest BCUT2D eigenvalue weighted by molar-refractivity contribution is 0.594. The zero-order valence-electron chi connectivity index (χ0n) is 18.1. The Labute approximate surface area is 197 Å². The highest BCUT2D eigenvalue weighted by Crippen LogP contribution is 2.24. The van der Waals surface area contributed by atoms with Crippen LogP contribution in [-0.2, 0) is 25.6 Å². The maximum absolute atomic E-state index is 14.3. The first-order valence-electron chi connectivity index (χ1n) is 9.90. The van der Waals surface area contributed by atoms with Crippen LogP contribution in [-0.4, -0.2) is 32.6 Å². The van der Waals surface area contributed by atoms with Gasteiger partial charge in [-0.25, -0.2) is 31.3 Å². The molecule has 0 aliphatic heterocycles. The summed E-state index contributed by atoms with van der Waals surface area (Å²) in [7, 11) is -7.25. The lowest BCUT2D eigenvalue weighted by atomic mass is 10.2. The van der Waals surface area contributed by atoms with Crippen LogP contribution in [0, 0.1) is 25.1 Å². The van der Waals surface area contributed by atoms with Gasteiger partial charge in [-0.15, -0.1) is 12.3 Å². The molecular weight excluding hydrogens is 481 g/mol. The van der Waals surface area contributed by atoms with E-state index in [-0.39, 0.29) is 34.6 Å². The third-order valence-electron chi connectivity index (χ3n) is 4.66. The van der Waals surface area contributed by atoms with Gasteiger partial charge >= 0.3 is 0 Å². The summed E-state index contributed by atoms with van der Waals surface area (Å²) in [5.41, 5.74) is 1.86. The third-order valence-corrected chi connectivity index (χ3v) is 7.31. The number of sulfonamides is 1. The van der Waals surface area contributed by atoms with Gasteiger partial charge in [-0.1, -0.05) is 18.2 Å². The van der Waals surface area contributed by atoms with Gasteiger partial charge in [-0.2, -0.15) is 4.98 Å². The minimum atomic E-state index is -3.92. The molecule has 0 spiro atoms. The molecule has 34 heavy (non-hydrogen) atoms. The highest BCUT2D eigenvalue weighted by atomic mass is 32.2. The molecule has 1 heterocycles. The van der Waals surface area contributed by atoms with E-state index in [4.69, 9.17) is 11.6 Å². The van der Waals surface area contributed by atoms with Crippen LogP contribution in [0.5, 0.6) is 0 Å². The van der Waals surface area contributed by atoms with Crippen molar-refractivity contribution in [1.29, 1.82) is 0 Å². The number of aryl methyl sites for hydroxylation is 1. The van der Waals surface area contributed by atoms with Crippen LogP contribution in [0.1, 0.15) is 17.5 Å². The minimum Gasteiger partial charge on any atom is -0.338 e. The zero-order chi connectivity index (χ0) is 24.9. The number of sulfone groups is 1. The van der Waals surface area contributed by atoms with Crippen molar-refractivity contribution in [3.8, 4) is 12.3 Å². The van der Waals surface area contributed by atoms with Gasteiger partial charge in [-0.05, 0) is 42.3 Å². The van der Waals surface area contributed by atoms with Crippen molar-refractivity contribution in [3.63, 3.8) is 0 Å². The average molecular weight is 504 g/mol. The Morgan fingerprint density at radius 1 is 1.06 bits per heavy atom. The van der Waals surface area contributed by atoms with E-state index >= 15 is 0 Å². The summed E-state index contributed by atoms with van der Waals surface area (Å²) in [6, 6.07) is 10.9. The Hall–Kier alpha value is -3.53. The molecular formula is C22H22FN5O4S2. The quantitative estimate of drug-likeness (QED) is 0.378. The van der Waals surface area contributed by atoms with Crippen LogP contribution in [0.2, 0.25) is 0 Å². The zero-order valence-corrected chi connectivity index (χ0v) is 19.7. The van der Waals surface area contributed by atoms with Gasteiger partial charge in [0.25, 0.3) is 0 Å². The number of rotatable bonds is 9. The Morgan fingerprint density at radius 2 is 1.74 bits per heavy atom. The molecule has 1 aromatic heterocycles. The number of anilines is 4. The number of nitrogens with one attached hydrogen (secondary N) is 2. The fraction of sp³-hybridized carbons (Fsp3) is 0.182. The van der Waals surface area contributed by atoms with E-state index in [1.165, 1.54) is 6.07 Å². The Kier molecular flexibility index (Phi) is 7.51. The molecule has 0 fully saturated rings. The molecule has 0 atom stereocenters. The van der Waals surface area contributed by atoms with Gasteiger partial charge < -0.3 is 10.6 Å². The topological polar surface area (TPSA) is 144 Å². The number of hydrogen-bond donors (Lipinski definition) is 3. The molecule has 0 aliphatic rings. The van der Waals surface area contributed by atoms with Gasteiger partial charge in [0.2, 0.25) is 16.0 Å². The molecule has 4 N–H and O–H groups in total. The fourth-order valence-electron chi connectivity index (χ4n) is 2.99. The summed E-state index contributed by atoms with van der Waals surface area (Å²) < 4.78 is 61.8. The lowest BCUT2D eigenvalue weighted by Gasteiger charge is -2.11. The number of halogens is 1. The fourth-order valence-corrected chi connectivity index (χ4v) is 5.07. The molecule has 0 unspecified atom stereocenters. The number of primary sulfonamides is 1. The van der Waals surface area contributed by atoms with E-state index in [1.54, 1.807) is 43.3 Å². The SMILES string of the molecule is C#CCCS(=O)(=O)Cc1ccc(Nc2nc(Nc3ccc(C)c(S(N)(=O)=O)c3)ncc2F)cc1. The van der Waals surface area contributed by atoms with Crippen LogP contribution in [0.3, 0.4) is 0 Å². The summed E-state index contributed by atoms with van der Waals surface area (Å²) in [5, 5.41) is 10.9. The van der Waals surface area contributed by atoms with E-state index in [0.29, 0.717) is 22.5 Å². The lowest BCUT2D eigenvalue weighted by Crippen LogP contribution is -2.14. The second-order valence-electron chi connectivity index (χ2n) is 7.41. The predicted molar refractivity (Wildman–Crippen MR) is 128 cm³/mol. The molecule has 3 aromatic rings. The molecule has 0 bridgehead atoms. The number of hydrogen-bond acceptors (Lipinski definition) is 8. The second kappa shape index (κ2) is 10.2. The number of aromatic nitrogens is 2. The van der Waals surface area contributed by atoms with E-state index < -0.39 is 25.7 Å². The first kappa shape index (κ1) is 25.1. The second-order valence-corrected chi connectivity index (χ2v) is 11.1. The summed E-state index contributed by atoms with van der Waals surface area (Å²) in [5.74, 6) is 1.23. The van der Waals surface area contributed by atoms with Crippen molar-refractivity contribution >= 4 is 43.0 Å². The van der Waals surface area contributed by atoms with Crippen molar-refractivity contribution < 1.29 is 21.2 Å². The highest BCUT2D eigenvalue weighted by molar-refractivity contribution is 7.90. The molecule has 12 heteroatoms. The number of benzene rings is 2. The molecule has 178 valence electrons. The number of terminal acetylenes is 1. The van der Waals surface area contributed by atoms with E-state index in [9.17, 15) is 21.2 Å². The van der Waals surface area contributed by atoms with Gasteiger partial charge in [0.1, 0.15) is 0 Å². The molecule has 9 nitrogen and oxygen atoms in total. The van der Waals surface area contributed by atoms with Gasteiger partial charge in [-0.3, -0.25) is 0 Å². The maximum Gasteiger partial charge on any atom is 0.238 e. The van der Waals surface area contributed by atoms with E-state index in [2.05, 4.69) is 26.5 Å². The number of nitrogens with zero attached hydrogens (tertiary/aromatic N) is 2. The molecule has 3 rings (SSSR count). The molecule has 0 saturated heterocycles. The monoisotopic (exact) mass is 503 g/mol. The Morgan fingerprint density at radius 3 is 2.38 bits per heavy atom. The van der Waals surface area contributed by atoms with Crippen LogP contribution in [0.15, 0.2) is 53.6 Å². The molecule has 0 aliphatic carbocycles. The molecule has 0 amide bonds. The summed E-state index contributed by atoms with van der Waals surface area (Å²) in [6.07, 6.45) is 6.23. The van der Waals surface area contributed by atoms with Crippen molar-refractivity contribution in [2.45, 2.75) is 24.0 Å². The number of nitrogens with two attached hydrogens (primary N) is 1. The Balaban J connectivity index is 1.76. The van der Waals surface area contributed by atoms with Crippen LogP contribution in [0.25, 0.3) is 0 Å². The van der Waals surface area contributed by atoms with Crippen molar-refractivity contribution in [1.82, 2.24) is 9.97 Å². The van der Waals surface area contributed by atoms with Crippen molar-refractivity contribution in [2.75, 3.05) is 16.4 Å². The largest absolute Gasteiger partial charge is 0.338 e. The average Bonchev–Trinajstić information content (AvgIpc) is 2.76. The molecule has 0 radical (unpaired) electrons. The van der Waals surface area contributed by atoms with Gasteiger partial charge in [0.05, 0.1) is 22.6 Å². The standard InChI is InChI=1S/C22H22FN5O4S2/c1-3-4-11-33(29,30)14-16-6-9-17(10-7-16)26-21-19(23)13-25-22(28-21)27-18-8-5-15(2)20(12-18)34(24,31)32/h1,5-10,12-13H,4,11,14H2,2H3,(H2,24,31,32)(H2,25,26,27,28). The Bertz CT molecular complexity index is 1450. The smallest absolute Gasteiger partial charge is 0.238 e. The van der Waals surface area contributed by atoms with Gasteiger partial charge in [0, 0.05) is 17.8 Å². The maximum atomic E-state index is 14.3. The van der Waals surface area contributed by atoms with Crippen LogP contribution >= 0.6 is 0 Å². The summed E-state index contributed by atoms with van der Waals surface area (Å²) in [4.78, 5) is 7.90. The first-order valence-corrected chi connectivity index (χ1v) is 13.3. The van der Waals surface area contributed by atoms with Gasteiger partial charge in [0.15, 0.2) is 21.5 Å². The third kappa shape index (κ3) is 6.74. The minimum absolute atomic E-state index is 0.0179. The van der Waals surface area contributed by atoms with Crippen molar-refractivity contribution in [3.05, 3.63) is 65.6 Å². The summed E-state index contributed by atoms with van der Waals surface area (Å²) in [6.45, 7) is 1.61. The molecule has 0 saturated carbocycles. The predicted octanol–water partition coefficient (Wildman–Crippen LogP) is 3.00. The highest BCUT2D eigenvalue weighted by Gasteiger charge is 2.14. The normalized spacial score (nSPS) is 11.6. The first-order chi connectivity index (χ1) is 16.0.